The van der Waals surface area contributed by atoms with Crippen LogP contribution in [0.25, 0.3) is 10.9 Å². The molecule has 17 N–H and O–H groups in total. The van der Waals surface area contributed by atoms with Gasteiger partial charge in [-0.1, -0.05) is 32.0 Å². The first-order valence-electron chi connectivity index (χ1n) is 22.6. The molecule has 0 aliphatic carbocycles. The van der Waals surface area contributed by atoms with Gasteiger partial charge in [-0.2, -0.15) is 0 Å². The molecular formula is C44H67N11O15. The molecular weight excluding hydrogens is 923 g/mol. The maximum Gasteiger partial charge on any atom is 0.326 e. The number of carboxylic acids is 3. The van der Waals surface area contributed by atoms with Gasteiger partial charge >= 0.3 is 17.9 Å². The number of hydrogen-bond donors (Lipinski definition) is 15. The number of carboxylic acid groups (broad SMARTS) is 3. The molecule has 0 saturated heterocycles. The molecule has 26 nitrogen and oxygen atoms in total. The molecule has 0 fully saturated rings. The van der Waals surface area contributed by atoms with Gasteiger partial charge in [0.1, 0.15) is 48.3 Å². The zero-order valence-corrected chi connectivity index (χ0v) is 39.7. The van der Waals surface area contributed by atoms with E-state index in [2.05, 4.69) is 47.5 Å². The highest BCUT2D eigenvalue weighted by molar-refractivity contribution is 5.98. The van der Waals surface area contributed by atoms with Crippen molar-refractivity contribution in [2.24, 2.45) is 17.4 Å². The van der Waals surface area contributed by atoms with Crippen LogP contribution in [0.3, 0.4) is 0 Å². The van der Waals surface area contributed by atoms with Gasteiger partial charge in [-0.3, -0.25) is 47.9 Å². The molecule has 0 bridgehead atoms. The van der Waals surface area contributed by atoms with Crippen LogP contribution in [0.15, 0.2) is 30.5 Å². The highest BCUT2D eigenvalue weighted by Crippen LogP contribution is 2.20. The molecule has 0 saturated carbocycles. The van der Waals surface area contributed by atoms with Crippen molar-refractivity contribution in [1.82, 2.24) is 47.5 Å². The molecule has 70 heavy (non-hydrogen) atoms. The Morgan fingerprint density at radius 1 is 0.557 bits per heavy atom. The Morgan fingerprint density at radius 3 is 1.59 bits per heavy atom. The molecule has 26 heteroatoms. The van der Waals surface area contributed by atoms with Crippen molar-refractivity contribution in [3.05, 3.63) is 36.0 Å². The van der Waals surface area contributed by atoms with E-state index in [9.17, 15) is 63.0 Å². The van der Waals surface area contributed by atoms with Crippen molar-refractivity contribution >= 4 is 76.1 Å². The Hall–Kier alpha value is -7.19. The Morgan fingerprint density at radius 2 is 1.03 bits per heavy atom. The van der Waals surface area contributed by atoms with Gasteiger partial charge in [0.2, 0.25) is 47.3 Å². The number of nitrogens with two attached hydrogens (primary N) is 2. The number of benzene rings is 1. The molecule has 388 valence electrons. The highest BCUT2D eigenvalue weighted by Gasteiger charge is 2.34. The summed E-state index contributed by atoms with van der Waals surface area (Å²) < 4.78 is 0. The summed E-state index contributed by atoms with van der Waals surface area (Å²) in [6.45, 7) is 6.34. The molecule has 0 unspecified atom stereocenters. The Labute approximate surface area is 402 Å². The first-order valence-corrected chi connectivity index (χ1v) is 22.6. The summed E-state index contributed by atoms with van der Waals surface area (Å²) in [6, 6.07) is -5.50. The zero-order valence-electron chi connectivity index (χ0n) is 39.7. The number of rotatable bonds is 31. The largest absolute Gasteiger partial charge is 0.481 e. The number of H-pyrrole nitrogens is 1. The average molecular weight is 990 g/mol. The summed E-state index contributed by atoms with van der Waals surface area (Å²) in [7, 11) is 0. The fourth-order valence-electron chi connectivity index (χ4n) is 6.73. The molecule has 1 aromatic heterocycles. The van der Waals surface area contributed by atoms with Crippen LogP contribution in [-0.4, -0.2) is 158 Å². The van der Waals surface area contributed by atoms with E-state index in [4.69, 9.17) is 21.7 Å². The van der Waals surface area contributed by atoms with E-state index < -0.39 is 151 Å². The van der Waals surface area contributed by atoms with Crippen molar-refractivity contribution in [3.8, 4) is 0 Å². The summed E-state index contributed by atoms with van der Waals surface area (Å²) in [5.74, 6) is -11.9. The van der Waals surface area contributed by atoms with E-state index in [1.807, 2.05) is 0 Å². The lowest BCUT2D eigenvalue weighted by Gasteiger charge is -2.27. The molecule has 1 aromatic carbocycles. The molecule has 1 heterocycles. The van der Waals surface area contributed by atoms with Crippen LogP contribution in [0.4, 0.5) is 0 Å². The lowest BCUT2D eigenvalue weighted by molar-refractivity contribution is -0.144. The second kappa shape index (κ2) is 29.0. The van der Waals surface area contributed by atoms with Crippen LogP contribution >= 0.6 is 0 Å². The van der Waals surface area contributed by atoms with Gasteiger partial charge in [-0.25, -0.2) is 4.79 Å². The number of aromatic nitrogens is 1. The molecule has 0 spiro atoms. The van der Waals surface area contributed by atoms with E-state index >= 15 is 0 Å². The smallest absolute Gasteiger partial charge is 0.326 e. The summed E-state index contributed by atoms with van der Waals surface area (Å²) in [5, 5.41) is 57.6. The van der Waals surface area contributed by atoms with Crippen molar-refractivity contribution in [1.29, 1.82) is 0 Å². The molecule has 2 rings (SSSR count). The number of carbonyl (C=O) groups excluding carboxylic acids is 8. The van der Waals surface area contributed by atoms with Crippen molar-refractivity contribution < 1.29 is 73.2 Å². The molecule has 9 atom stereocenters. The van der Waals surface area contributed by atoms with Gasteiger partial charge in [-0.15, -0.1) is 0 Å². The van der Waals surface area contributed by atoms with Crippen LogP contribution in [0, 0.1) is 5.92 Å². The summed E-state index contributed by atoms with van der Waals surface area (Å²) in [6.07, 6.45) is 0.170. The lowest BCUT2D eigenvalue weighted by Crippen LogP contribution is -2.60. The van der Waals surface area contributed by atoms with E-state index in [-0.39, 0.29) is 32.2 Å². The Balaban J connectivity index is 2.32. The van der Waals surface area contributed by atoms with Crippen molar-refractivity contribution in [2.75, 3.05) is 13.2 Å². The number of fused-ring (bicyclic) bond motifs is 1. The standard InChI is InChI=1S/C44H67N11O15/c1-21(2)35(55-38(63)24(5)48-39(64)29(13-15-33(57)58)50-36(61)22(3)46)43(68)49-23(4)37(62)53-31(18-25-19-47-27-11-7-6-10-26(25)27)41(66)51-28(12-8-9-17-45)40(65)54-32(20-56)42(67)52-30(44(69)70)14-16-34(59)60/h6-7,10-11,19,21-24,28-32,35,47,56H,8-9,12-18,20,45-46H2,1-5H3,(H,48,64)(H,49,68)(H,50,61)(H,51,66)(H,52,67)(H,53,62)(H,54,65)(H,55,63)(H,57,58)(H,59,60)(H,69,70)/t22-,23-,24-,28-,29-,30-,31-,32-,35-/m0/s1. The van der Waals surface area contributed by atoms with E-state index in [1.165, 1.54) is 20.8 Å². The number of carbonyl (C=O) groups is 11. The maximum atomic E-state index is 14.2. The van der Waals surface area contributed by atoms with Crippen LogP contribution in [-0.2, 0) is 59.2 Å². The molecule has 0 radical (unpaired) electrons. The molecule has 0 aliphatic rings. The second-order valence-electron chi connectivity index (χ2n) is 17.0. The number of aliphatic hydroxyl groups is 1. The zero-order chi connectivity index (χ0) is 52.8. The summed E-state index contributed by atoms with van der Waals surface area (Å²) in [5.41, 5.74) is 12.5. The predicted molar refractivity (Wildman–Crippen MR) is 249 cm³/mol. The number of aromatic amines is 1. The number of hydrogen-bond acceptors (Lipinski definition) is 14. The fourth-order valence-corrected chi connectivity index (χ4v) is 6.73. The molecule has 0 aliphatic heterocycles. The van der Waals surface area contributed by atoms with Crippen LogP contribution in [0.5, 0.6) is 0 Å². The minimum absolute atomic E-state index is 0.0504. The van der Waals surface area contributed by atoms with Gasteiger partial charge < -0.3 is 79.4 Å². The van der Waals surface area contributed by atoms with Crippen molar-refractivity contribution in [2.45, 2.75) is 140 Å². The second-order valence-corrected chi connectivity index (χ2v) is 17.0. The Bertz CT molecular complexity index is 2180. The first kappa shape index (κ1) is 58.9. The topological polar surface area (TPSA) is 433 Å². The molecule has 2 aromatic rings. The Kier molecular flexibility index (Phi) is 24.4. The van der Waals surface area contributed by atoms with E-state index in [1.54, 1.807) is 44.3 Å². The third kappa shape index (κ3) is 19.4. The maximum absolute atomic E-state index is 14.2. The van der Waals surface area contributed by atoms with Crippen LogP contribution in [0.2, 0.25) is 0 Å². The lowest BCUT2D eigenvalue weighted by atomic mass is 10.0. The minimum Gasteiger partial charge on any atom is -0.481 e. The summed E-state index contributed by atoms with van der Waals surface area (Å²) >= 11 is 0. The van der Waals surface area contributed by atoms with Gasteiger partial charge in [0.05, 0.1) is 12.6 Å². The monoisotopic (exact) mass is 989 g/mol. The van der Waals surface area contributed by atoms with Gasteiger partial charge in [0, 0.05) is 36.4 Å². The van der Waals surface area contributed by atoms with Crippen LogP contribution < -0.4 is 54.0 Å². The molecule has 8 amide bonds. The van der Waals surface area contributed by atoms with Gasteiger partial charge in [-0.05, 0) is 77.0 Å². The van der Waals surface area contributed by atoms with Gasteiger partial charge in [0.15, 0.2) is 0 Å². The number of nitrogens with one attached hydrogen (secondary N) is 9. The quantitative estimate of drug-likeness (QED) is 0.0327. The minimum atomic E-state index is -1.73. The normalized spacial score (nSPS) is 15.0. The third-order valence-electron chi connectivity index (χ3n) is 10.8. The highest BCUT2D eigenvalue weighted by atomic mass is 16.4. The van der Waals surface area contributed by atoms with Gasteiger partial charge in [0.25, 0.3) is 0 Å². The number of para-hydroxylation sites is 1. The van der Waals surface area contributed by atoms with E-state index in [0.29, 0.717) is 22.9 Å². The fraction of sp³-hybridized carbons (Fsp3) is 0.568. The number of aliphatic carboxylic acids is 3. The average Bonchev–Trinajstić information content (AvgIpc) is 3.70. The van der Waals surface area contributed by atoms with E-state index in [0.717, 1.165) is 0 Å². The predicted octanol–water partition coefficient (Wildman–Crippen LogP) is -3.43. The number of amides is 8. The van der Waals surface area contributed by atoms with Crippen LogP contribution in [0.1, 0.15) is 85.1 Å². The first-order chi connectivity index (χ1) is 32.9. The SMILES string of the molecule is CC(C)[C@H](NC(=O)[C@H](C)NC(=O)[C@H](CCC(=O)O)NC(=O)[C@H](C)N)C(=O)N[C@@H](C)C(=O)N[C@@H](Cc1c[nH]c2ccccc12)C(=O)N[C@@H](CCCCN)C(=O)N[C@@H](CO)C(=O)N[C@@H](CCC(=O)O)C(=O)O. The third-order valence-corrected chi connectivity index (χ3v) is 10.8. The summed E-state index contributed by atoms with van der Waals surface area (Å²) in [4.78, 5) is 144. The van der Waals surface area contributed by atoms with Crippen molar-refractivity contribution in [3.63, 3.8) is 0 Å². The number of unbranched alkanes of at least 4 members (excludes halogenated alkanes) is 1. The number of aliphatic hydroxyl groups excluding tert-OH is 1.